The number of hydrogen-bond acceptors (Lipinski definition) is 5. The quantitative estimate of drug-likeness (QED) is 0.861. The molecule has 0 aromatic heterocycles. The lowest BCUT2D eigenvalue weighted by Gasteiger charge is -2.11. The number of amides is 1. The summed E-state index contributed by atoms with van der Waals surface area (Å²) in [6, 6.07) is 5.57. The van der Waals surface area contributed by atoms with Crippen molar-refractivity contribution < 1.29 is 19.0 Å². The molecule has 2 aliphatic rings. The van der Waals surface area contributed by atoms with Crippen molar-refractivity contribution in [1.82, 2.24) is 4.90 Å². The zero-order valence-corrected chi connectivity index (χ0v) is 9.80. The van der Waals surface area contributed by atoms with Gasteiger partial charge in [0.1, 0.15) is 6.10 Å². The van der Waals surface area contributed by atoms with E-state index < -0.39 is 0 Å². The minimum absolute atomic E-state index is 0.239. The molecule has 1 unspecified atom stereocenters. The zero-order chi connectivity index (χ0) is 12.5. The fourth-order valence-electron chi connectivity index (χ4n) is 2.13. The summed E-state index contributed by atoms with van der Waals surface area (Å²) >= 11 is 0. The number of fused-ring (bicyclic) bond motifs is 1. The van der Waals surface area contributed by atoms with Gasteiger partial charge in [-0.15, -0.1) is 0 Å². The molecule has 0 radical (unpaired) electrons. The molecule has 1 saturated heterocycles. The number of hydrogen-bond donors (Lipinski definition) is 1. The summed E-state index contributed by atoms with van der Waals surface area (Å²) in [6.07, 6.45) is -0.582. The standard InChI is InChI=1S/C12H14N2O4/c13-3-4-14-6-11(18-12(14)15)8-1-2-9-10(5-8)17-7-16-9/h1-2,5,11H,3-4,6-7,13H2. The summed E-state index contributed by atoms with van der Waals surface area (Å²) in [6.45, 7) is 1.71. The Kier molecular flexibility index (Phi) is 2.71. The average Bonchev–Trinajstić information content (AvgIpc) is 2.96. The third-order valence-electron chi connectivity index (χ3n) is 3.05. The van der Waals surface area contributed by atoms with Crippen LogP contribution in [0.4, 0.5) is 4.79 Å². The Hall–Kier alpha value is -1.95. The van der Waals surface area contributed by atoms with Crippen molar-refractivity contribution in [3.8, 4) is 11.5 Å². The van der Waals surface area contributed by atoms with E-state index in [1.165, 1.54) is 0 Å². The third-order valence-corrected chi connectivity index (χ3v) is 3.05. The SMILES string of the molecule is NCCN1CC(c2ccc3c(c2)OCO3)OC1=O. The lowest BCUT2D eigenvalue weighted by atomic mass is 10.1. The minimum atomic E-state index is -0.317. The van der Waals surface area contributed by atoms with Crippen LogP contribution in [0.1, 0.15) is 11.7 Å². The van der Waals surface area contributed by atoms with Gasteiger partial charge in [0.2, 0.25) is 6.79 Å². The van der Waals surface area contributed by atoms with Gasteiger partial charge in [-0.1, -0.05) is 6.07 Å². The molecule has 1 aromatic carbocycles. The van der Waals surface area contributed by atoms with E-state index in [1.54, 1.807) is 4.90 Å². The summed E-state index contributed by atoms with van der Waals surface area (Å²) in [5, 5.41) is 0. The first-order valence-corrected chi connectivity index (χ1v) is 5.83. The Morgan fingerprint density at radius 1 is 1.33 bits per heavy atom. The van der Waals surface area contributed by atoms with E-state index >= 15 is 0 Å². The van der Waals surface area contributed by atoms with Gasteiger partial charge in [0, 0.05) is 13.1 Å². The van der Waals surface area contributed by atoms with Gasteiger partial charge in [-0.25, -0.2) is 4.79 Å². The Morgan fingerprint density at radius 3 is 3.00 bits per heavy atom. The Balaban J connectivity index is 1.78. The van der Waals surface area contributed by atoms with E-state index in [2.05, 4.69) is 0 Å². The Bertz CT molecular complexity index is 477. The number of cyclic esters (lactones) is 1. The number of ether oxygens (including phenoxy) is 3. The van der Waals surface area contributed by atoms with Crippen molar-refractivity contribution >= 4 is 6.09 Å². The number of benzene rings is 1. The van der Waals surface area contributed by atoms with Gasteiger partial charge in [0.25, 0.3) is 0 Å². The van der Waals surface area contributed by atoms with Gasteiger partial charge in [0.15, 0.2) is 11.5 Å². The van der Waals surface area contributed by atoms with Crippen LogP contribution in [0, 0.1) is 0 Å². The molecule has 96 valence electrons. The van der Waals surface area contributed by atoms with Gasteiger partial charge in [-0.3, -0.25) is 0 Å². The maximum absolute atomic E-state index is 11.6. The van der Waals surface area contributed by atoms with E-state index in [0.29, 0.717) is 25.4 Å². The molecule has 6 heteroatoms. The number of nitrogens with two attached hydrogens (primary N) is 1. The summed E-state index contributed by atoms with van der Waals surface area (Å²) in [7, 11) is 0. The molecular formula is C12H14N2O4. The van der Waals surface area contributed by atoms with Crippen LogP contribution in [0.5, 0.6) is 11.5 Å². The molecule has 2 heterocycles. The van der Waals surface area contributed by atoms with Crippen molar-refractivity contribution in [2.24, 2.45) is 5.73 Å². The van der Waals surface area contributed by atoms with E-state index in [4.69, 9.17) is 19.9 Å². The second kappa shape index (κ2) is 4.38. The second-order valence-electron chi connectivity index (χ2n) is 4.22. The van der Waals surface area contributed by atoms with E-state index in [0.717, 1.165) is 11.3 Å². The molecule has 0 aliphatic carbocycles. The fourth-order valence-corrected chi connectivity index (χ4v) is 2.13. The first kappa shape index (κ1) is 11.2. The third kappa shape index (κ3) is 1.84. The molecule has 1 atom stereocenters. The highest BCUT2D eigenvalue weighted by Gasteiger charge is 2.32. The normalized spacial score (nSPS) is 21.3. The number of carbonyl (C=O) groups excluding carboxylic acids is 1. The second-order valence-corrected chi connectivity index (χ2v) is 4.22. The van der Waals surface area contributed by atoms with Gasteiger partial charge >= 0.3 is 6.09 Å². The van der Waals surface area contributed by atoms with Crippen LogP contribution < -0.4 is 15.2 Å². The summed E-state index contributed by atoms with van der Waals surface area (Å²) in [5.41, 5.74) is 6.35. The lowest BCUT2D eigenvalue weighted by Crippen LogP contribution is -2.30. The number of rotatable bonds is 3. The van der Waals surface area contributed by atoms with E-state index in [9.17, 15) is 4.79 Å². The van der Waals surface area contributed by atoms with Crippen LogP contribution in [-0.4, -0.2) is 37.4 Å². The number of carbonyl (C=O) groups is 1. The smallest absolute Gasteiger partial charge is 0.410 e. The fraction of sp³-hybridized carbons (Fsp3) is 0.417. The highest BCUT2D eigenvalue weighted by Crippen LogP contribution is 2.36. The highest BCUT2D eigenvalue weighted by molar-refractivity contribution is 5.70. The molecule has 0 bridgehead atoms. The lowest BCUT2D eigenvalue weighted by molar-refractivity contribution is 0.133. The van der Waals surface area contributed by atoms with E-state index in [-0.39, 0.29) is 19.0 Å². The molecule has 2 aliphatic heterocycles. The molecule has 2 N–H and O–H groups in total. The van der Waals surface area contributed by atoms with Crippen LogP contribution in [0.25, 0.3) is 0 Å². The van der Waals surface area contributed by atoms with Crippen molar-refractivity contribution in [3.05, 3.63) is 23.8 Å². The largest absolute Gasteiger partial charge is 0.454 e. The van der Waals surface area contributed by atoms with Gasteiger partial charge < -0.3 is 24.8 Å². The molecule has 3 rings (SSSR count). The van der Waals surface area contributed by atoms with Crippen molar-refractivity contribution in [1.29, 1.82) is 0 Å². The summed E-state index contributed by atoms with van der Waals surface area (Å²) in [4.78, 5) is 13.2. The Morgan fingerprint density at radius 2 is 2.17 bits per heavy atom. The predicted molar refractivity (Wildman–Crippen MR) is 62.4 cm³/mol. The van der Waals surface area contributed by atoms with Crippen LogP contribution in [-0.2, 0) is 4.74 Å². The molecule has 0 spiro atoms. The van der Waals surface area contributed by atoms with Gasteiger partial charge in [-0.2, -0.15) is 0 Å². The van der Waals surface area contributed by atoms with Crippen LogP contribution in [0.3, 0.4) is 0 Å². The molecule has 1 aromatic rings. The topological polar surface area (TPSA) is 74.0 Å². The maximum Gasteiger partial charge on any atom is 0.410 e. The molecule has 1 amide bonds. The molecule has 6 nitrogen and oxygen atoms in total. The summed E-state index contributed by atoms with van der Waals surface area (Å²) in [5.74, 6) is 1.42. The molecule has 1 fully saturated rings. The van der Waals surface area contributed by atoms with Crippen molar-refractivity contribution in [3.63, 3.8) is 0 Å². The Labute approximate surface area is 104 Å². The first-order valence-electron chi connectivity index (χ1n) is 5.83. The van der Waals surface area contributed by atoms with Crippen LogP contribution in [0.2, 0.25) is 0 Å². The van der Waals surface area contributed by atoms with E-state index in [1.807, 2.05) is 18.2 Å². The maximum atomic E-state index is 11.6. The van der Waals surface area contributed by atoms with Crippen molar-refractivity contribution in [2.75, 3.05) is 26.4 Å². The highest BCUT2D eigenvalue weighted by atomic mass is 16.7. The number of nitrogens with zero attached hydrogens (tertiary/aromatic N) is 1. The minimum Gasteiger partial charge on any atom is -0.454 e. The van der Waals surface area contributed by atoms with Crippen LogP contribution >= 0.6 is 0 Å². The van der Waals surface area contributed by atoms with Gasteiger partial charge in [-0.05, 0) is 17.7 Å². The summed E-state index contributed by atoms with van der Waals surface area (Å²) < 4.78 is 15.9. The molecular weight excluding hydrogens is 236 g/mol. The van der Waals surface area contributed by atoms with Gasteiger partial charge in [0.05, 0.1) is 6.54 Å². The van der Waals surface area contributed by atoms with Crippen LogP contribution in [0.15, 0.2) is 18.2 Å². The zero-order valence-electron chi connectivity index (χ0n) is 9.80. The monoisotopic (exact) mass is 250 g/mol. The predicted octanol–water partition coefficient (Wildman–Crippen LogP) is 0.867. The average molecular weight is 250 g/mol. The molecule has 0 saturated carbocycles. The first-order chi connectivity index (χ1) is 8.78. The van der Waals surface area contributed by atoms with Crippen molar-refractivity contribution in [2.45, 2.75) is 6.10 Å². The molecule has 18 heavy (non-hydrogen) atoms.